The summed E-state index contributed by atoms with van der Waals surface area (Å²) < 4.78 is 5.47. The lowest BCUT2D eigenvalue weighted by molar-refractivity contribution is -0.143. The van der Waals surface area contributed by atoms with Crippen molar-refractivity contribution in [2.45, 2.75) is 373 Å². The number of unbranched alkanes of at least 4 members (excludes halogenated alkanes) is 48. The fraction of sp³-hybridized carbons (Fsp3) is 0.968. The number of aliphatic hydroxyl groups is 2. The third-order valence-corrected chi connectivity index (χ3v) is 14.9. The van der Waals surface area contributed by atoms with Gasteiger partial charge in [-0.15, -0.1) is 0 Å². The normalized spacial score (nSPS) is 12.5. The first-order valence-electron chi connectivity index (χ1n) is 31.3. The lowest BCUT2D eigenvalue weighted by Gasteiger charge is -2.22. The highest BCUT2D eigenvalue weighted by Gasteiger charge is 2.20. The van der Waals surface area contributed by atoms with Crippen molar-refractivity contribution in [3.63, 3.8) is 0 Å². The maximum atomic E-state index is 12.5. The Kier molecular flexibility index (Phi) is 57.5. The molecule has 0 spiro atoms. The van der Waals surface area contributed by atoms with Crippen molar-refractivity contribution in [1.29, 1.82) is 0 Å². The van der Waals surface area contributed by atoms with Gasteiger partial charge in [-0.1, -0.05) is 322 Å². The van der Waals surface area contributed by atoms with Crippen LogP contribution in [0.15, 0.2) is 0 Å². The molecule has 3 N–H and O–H groups in total. The number of nitrogens with one attached hydrogen (secondary N) is 1. The zero-order valence-electron chi connectivity index (χ0n) is 46.4. The van der Waals surface area contributed by atoms with E-state index in [1.54, 1.807) is 0 Å². The first-order chi connectivity index (χ1) is 33.5. The Bertz CT molecular complexity index is 975. The summed E-state index contributed by atoms with van der Waals surface area (Å²) in [6, 6.07) is -0.538. The van der Waals surface area contributed by atoms with Gasteiger partial charge in [0.15, 0.2) is 0 Å². The number of rotatable bonds is 59. The molecule has 0 aliphatic rings. The molecule has 2 atom stereocenters. The summed E-state index contributed by atoms with van der Waals surface area (Å²) in [6.45, 7) is 4.98. The van der Waals surface area contributed by atoms with Crippen LogP contribution in [0.5, 0.6) is 0 Å². The number of carbonyl (C=O) groups is 2. The van der Waals surface area contributed by atoms with Gasteiger partial charge in [0.05, 0.1) is 25.4 Å². The number of hydrogen-bond acceptors (Lipinski definition) is 5. The van der Waals surface area contributed by atoms with E-state index in [-0.39, 0.29) is 18.5 Å². The Morgan fingerprint density at radius 1 is 0.353 bits per heavy atom. The molecule has 2 unspecified atom stereocenters. The van der Waals surface area contributed by atoms with E-state index in [1.165, 1.54) is 289 Å². The summed E-state index contributed by atoms with van der Waals surface area (Å²) in [7, 11) is 0. The molecule has 0 aliphatic heterocycles. The standard InChI is InChI=1S/C62H123NO5/c1-3-5-7-9-11-13-15-16-28-31-35-38-42-46-50-54-60(65)59(58-64)63-61(66)55-51-47-43-39-36-32-29-26-24-22-20-18-17-19-21-23-25-27-30-33-37-41-45-49-53-57-68-62(67)56-52-48-44-40-34-14-12-10-8-6-4-2/h59-60,64-65H,3-58H2,1-2H3,(H,63,66). The molecule has 0 rings (SSSR count). The predicted octanol–water partition coefficient (Wildman–Crippen LogP) is 19.5. The maximum absolute atomic E-state index is 12.5. The first kappa shape index (κ1) is 66.9. The van der Waals surface area contributed by atoms with Gasteiger partial charge in [-0.25, -0.2) is 0 Å². The number of ether oxygens (including phenoxy) is 1. The Hall–Kier alpha value is -1.14. The molecule has 0 aromatic heterocycles. The van der Waals surface area contributed by atoms with E-state index in [2.05, 4.69) is 19.2 Å². The minimum Gasteiger partial charge on any atom is -0.466 e. The van der Waals surface area contributed by atoms with Crippen LogP contribution in [0, 0.1) is 0 Å². The van der Waals surface area contributed by atoms with Crippen LogP contribution in [0.1, 0.15) is 361 Å². The summed E-state index contributed by atoms with van der Waals surface area (Å²) in [5.41, 5.74) is 0. The summed E-state index contributed by atoms with van der Waals surface area (Å²) in [5.74, 6) is -0.0131. The minimum absolute atomic E-state index is 0.0170. The topological polar surface area (TPSA) is 95.9 Å². The van der Waals surface area contributed by atoms with Gasteiger partial charge >= 0.3 is 5.97 Å². The molecule has 0 aromatic rings. The Morgan fingerprint density at radius 2 is 0.603 bits per heavy atom. The van der Waals surface area contributed by atoms with Crippen LogP contribution in [0.2, 0.25) is 0 Å². The smallest absolute Gasteiger partial charge is 0.305 e. The highest BCUT2D eigenvalue weighted by molar-refractivity contribution is 5.76. The third-order valence-electron chi connectivity index (χ3n) is 14.9. The molecule has 1 amide bonds. The van der Waals surface area contributed by atoms with Crippen molar-refractivity contribution >= 4 is 11.9 Å². The van der Waals surface area contributed by atoms with Gasteiger partial charge in [0.2, 0.25) is 5.91 Å². The van der Waals surface area contributed by atoms with Gasteiger partial charge in [-0.3, -0.25) is 9.59 Å². The van der Waals surface area contributed by atoms with Crippen molar-refractivity contribution in [1.82, 2.24) is 5.32 Å². The quantitative estimate of drug-likeness (QED) is 0.0417. The number of amides is 1. The molecule has 0 aromatic carbocycles. The van der Waals surface area contributed by atoms with Crippen molar-refractivity contribution in [3.05, 3.63) is 0 Å². The fourth-order valence-corrected chi connectivity index (χ4v) is 10.1. The SMILES string of the molecule is CCCCCCCCCCCCCCCCCC(O)C(CO)NC(=O)CCCCCCCCCCCCCCCCCCCCCCCCCCCOC(=O)CCCCCCCCCCCCC. The highest BCUT2D eigenvalue weighted by atomic mass is 16.5. The molecule has 0 bridgehead atoms. The number of aliphatic hydroxyl groups excluding tert-OH is 2. The second-order valence-electron chi connectivity index (χ2n) is 21.8. The second-order valence-corrected chi connectivity index (χ2v) is 21.8. The average molecular weight is 963 g/mol. The van der Waals surface area contributed by atoms with Crippen LogP contribution in [0.3, 0.4) is 0 Å². The summed E-state index contributed by atoms with van der Waals surface area (Å²) in [5, 5.41) is 23.3. The van der Waals surface area contributed by atoms with Gasteiger partial charge in [0.1, 0.15) is 0 Å². The van der Waals surface area contributed by atoms with E-state index in [0.717, 1.165) is 38.5 Å². The maximum Gasteiger partial charge on any atom is 0.305 e. The second kappa shape index (κ2) is 58.4. The van der Waals surface area contributed by atoms with Gasteiger partial charge < -0.3 is 20.3 Å². The molecule has 0 saturated heterocycles. The van der Waals surface area contributed by atoms with Crippen LogP contribution in [0.25, 0.3) is 0 Å². The van der Waals surface area contributed by atoms with Crippen molar-refractivity contribution < 1.29 is 24.5 Å². The van der Waals surface area contributed by atoms with E-state index in [1.807, 2.05) is 0 Å². The molecule has 68 heavy (non-hydrogen) atoms. The van der Waals surface area contributed by atoms with Crippen molar-refractivity contribution in [3.8, 4) is 0 Å². The first-order valence-corrected chi connectivity index (χ1v) is 31.3. The van der Waals surface area contributed by atoms with E-state index in [9.17, 15) is 19.8 Å². The molecule has 6 heteroatoms. The fourth-order valence-electron chi connectivity index (χ4n) is 10.1. The van der Waals surface area contributed by atoms with Crippen molar-refractivity contribution in [2.24, 2.45) is 0 Å². The Labute approximate surface area is 426 Å². The number of hydrogen-bond donors (Lipinski definition) is 3. The monoisotopic (exact) mass is 962 g/mol. The molecule has 406 valence electrons. The molecule has 0 heterocycles. The van der Waals surface area contributed by atoms with Gasteiger partial charge in [-0.2, -0.15) is 0 Å². The van der Waals surface area contributed by atoms with E-state index in [0.29, 0.717) is 25.9 Å². The molecule has 0 aliphatic carbocycles. The van der Waals surface area contributed by atoms with Crippen LogP contribution >= 0.6 is 0 Å². The summed E-state index contributed by atoms with van der Waals surface area (Å²) in [4.78, 5) is 24.5. The van der Waals surface area contributed by atoms with Gasteiger partial charge in [-0.05, 0) is 25.7 Å². The zero-order valence-corrected chi connectivity index (χ0v) is 46.4. The zero-order chi connectivity index (χ0) is 49.3. The lowest BCUT2D eigenvalue weighted by Crippen LogP contribution is -2.45. The molecular weight excluding hydrogens is 839 g/mol. The van der Waals surface area contributed by atoms with Crippen molar-refractivity contribution in [2.75, 3.05) is 13.2 Å². The Balaban J connectivity index is 3.35. The largest absolute Gasteiger partial charge is 0.466 e. The molecule has 0 radical (unpaired) electrons. The third kappa shape index (κ3) is 54.2. The summed E-state index contributed by atoms with van der Waals surface area (Å²) >= 11 is 0. The molecule has 0 fully saturated rings. The minimum atomic E-state index is -0.661. The highest BCUT2D eigenvalue weighted by Crippen LogP contribution is 2.19. The number of carbonyl (C=O) groups excluding carboxylic acids is 2. The van der Waals surface area contributed by atoms with E-state index >= 15 is 0 Å². The lowest BCUT2D eigenvalue weighted by atomic mass is 10.0. The van der Waals surface area contributed by atoms with E-state index < -0.39 is 12.1 Å². The van der Waals surface area contributed by atoms with Crippen LogP contribution in [0.4, 0.5) is 0 Å². The molecular formula is C62H123NO5. The van der Waals surface area contributed by atoms with Crippen LogP contribution in [-0.2, 0) is 14.3 Å². The molecule has 0 saturated carbocycles. The van der Waals surface area contributed by atoms with Crippen LogP contribution < -0.4 is 5.32 Å². The van der Waals surface area contributed by atoms with Gasteiger partial charge in [0, 0.05) is 12.8 Å². The summed E-state index contributed by atoms with van der Waals surface area (Å²) in [6.07, 6.45) is 68.3. The average Bonchev–Trinajstić information content (AvgIpc) is 3.34. The van der Waals surface area contributed by atoms with E-state index in [4.69, 9.17) is 4.74 Å². The van der Waals surface area contributed by atoms with Gasteiger partial charge in [0.25, 0.3) is 0 Å². The Morgan fingerprint density at radius 3 is 0.897 bits per heavy atom. The number of esters is 1. The molecule has 6 nitrogen and oxygen atoms in total. The van der Waals surface area contributed by atoms with Crippen LogP contribution in [-0.4, -0.2) is 47.4 Å². The predicted molar refractivity (Wildman–Crippen MR) is 297 cm³/mol.